The van der Waals surface area contributed by atoms with Crippen LogP contribution >= 0.6 is 0 Å². The number of unbranched alkanes of at least 4 members (excludes halogenated alkanes) is 1. The van der Waals surface area contributed by atoms with Crippen LogP contribution in [-0.4, -0.2) is 41.3 Å². The van der Waals surface area contributed by atoms with Gasteiger partial charge in [-0.05, 0) is 32.2 Å². The number of hydrogen-bond donors (Lipinski definition) is 2. The van der Waals surface area contributed by atoms with Crippen LogP contribution in [0.4, 0.5) is 0 Å². The van der Waals surface area contributed by atoms with Crippen molar-refractivity contribution in [3.8, 4) is 0 Å². The highest BCUT2D eigenvalue weighted by atomic mass is 16.3. The van der Waals surface area contributed by atoms with E-state index < -0.39 is 0 Å². The van der Waals surface area contributed by atoms with Crippen molar-refractivity contribution in [2.75, 3.05) is 13.2 Å². The third-order valence-corrected chi connectivity index (χ3v) is 3.36. The number of hydrogen-bond acceptors (Lipinski definition) is 3. The number of nitrogens with zero attached hydrogens (tertiary/aromatic N) is 1. The smallest absolute Gasteiger partial charge is 0.0602 e. The highest BCUT2D eigenvalue weighted by Gasteiger charge is 2.35. The summed E-state index contributed by atoms with van der Waals surface area (Å²) in [5.41, 5.74) is 6.06. The quantitative estimate of drug-likeness (QED) is 0.641. The fourth-order valence-electron chi connectivity index (χ4n) is 2.12. The van der Waals surface area contributed by atoms with Crippen molar-refractivity contribution >= 4 is 0 Å². The Morgan fingerprint density at radius 1 is 1.40 bits per heavy atom. The van der Waals surface area contributed by atoms with Crippen LogP contribution in [0.5, 0.6) is 0 Å². The lowest BCUT2D eigenvalue weighted by Crippen LogP contribution is -2.51. The van der Waals surface area contributed by atoms with Crippen molar-refractivity contribution in [1.29, 1.82) is 0 Å². The second-order valence-corrected chi connectivity index (χ2v) is 4.64. The van der Waals surface area contributed by atoms with Gasteiger partial charge in [0.25, 0.3) is 0 Å². The van der Waals surface area contributed by atoms with E-state index in [1.807, 2.05) is 0 Å². The maximum atomic E-state index is 9.45. The van der Waals surface area contributed by atoms with Crippen LogP contribution < -0.4 is 5.73 Å². The van der Waals surface area contributed by atoms with Crippen molar-refractivity contribution in [3.05, 3.63) is 0 Å². The summed E-state index contributed by atoms with van der Waals surface area (Å²) >= 11 is 0. The molecule has 1 fully saturated rings. The number of aliphatic hydroxyl groups excluding tert-OH is 1. The van der Waals surface area contributed by atoms with Crippen LogP contribution in [0.1, 0.15) is 46.0 Å². The first-order valence-electron chi connectivity index (χ1n) is 6.36. The SMILES string of the molecule is CCCCN(C1CC1)C(CO)C(N)CC. The van der Waals surface area contributed by atoms with Crippen LogP contribution in [0.25, 0.3) is 0 Å². The lowest BCUT2D eigenvalue weighted by atomic mass is 10.0. The van der Waals surface area contributed by atoms with E-state index in [0.29, 0.717) is 6.04 Å². The summed E-state index contributed by atoms with van der Waals surface area (Å²) in [7, 11) is 0. The molecule has 3 nitrogen and oxygen atoms in total. The highest BCUT2D eigenvalue weighted by Crippen LogP contribution is 2.29. The van der Waals surface area contributed by atoms with Gasteiger partial charge in [0, 0.05) is 18.1 Å². The molecule has 0 spiro atoms. The van der Waals surface area contributed by atoms with Gasteiger partial charge in [0.2, 0.25) is 0 Å². The molecule has 0 radical (unpaired) electrons. The van der Waals surface area contributed by atoms with Crippen LogP contribution in [0.3, 0.4) is 0 Å². The van der Waals surface area contributed by atoms with Crippen molar-refractivity contribution < 1.29 is 5.11 Å². The van der Waals surface area contributed by atoms with Gasteiger partial charge in [-0.3, -0.25) is 4.90 Å². The molecule has 0 aromatic heterocycles. The van der Waals surface area contributed by atoms with E-state index in [4.69, 9.17) is 5.73 Å². The summed E-state index contributed by atoms with van der Waals surface area (Å²) in [6.07, 6.45) is 5.94. The summed E-state index contributed by atoms with van der Waals surface area (Å²) in [4.78, 5) is 2.44. The largest absolute Gasteiger partial charge is 0.395 e. The molecule has 0 aromatic rings. The molecular formula is C12H26N2O. The molecule has 1 saturated carbocycles. The third kappa shape index (κ3) is 3.74. The summed E-state index contributed by atoms with van der Waals surface area (Å²) in [5, 5.41) is 9.45. The Kier molecular flexibility index (Phi) is 5.58. The van der Waals surface area contributed by atoms with Crippen molar-refractivity contribution in [1.82, 2.24) is 4.90 Å². The molecule has 0 bridgehead atoms. The molecule has 3 heteroatoms. The van der Waals surface area contributed by atoms with Crippen molar-refractivity contribution in [3.63, 3.8) is 0 Å². The molecule has 3 N–H and O–H groups in total. The fourth-order valence-corrected chi connectivity index (χ4v) is 2.12. The average molecular weight is 214 g/mol. The van der Waals surface area contributed by atoms with E-state index >= 15 is 0 Å². The number of nitrogens with two attached hydrogens (primary N) is 1. The minimum Gasteiger partial charge on any atom is -0.395 e. The maximum absolute atomic E-state index is 9.45. The van der Waals surface area contributed by atoms with E-state index in [0.717, 1.165) is 13.0 Å². The Bertz CT molecular complexity index is 171. The Morgan fingerprint density at radius 3 is 2.47 bits per heavy atom. The molecule has 0 amide bonds. The summed E-state index contributed by atoms with van der Waals surface area (Å²) in [6.45, 7) is 5.60. The molecule has 1 aliphatic rings. The molecule has 1 rings (SSSR count). The summed E-state index contributed by atoms with van der Waals surface area (Å²) in [6, 6.07) is 0.993. The average Bonchev–Trinajstić information content (AvgIpc) is 3.07. The normalized spacial score (nSPS) is 20.6. The van der Waals surface area contributed by atoms with Crippen molar-refractivity contribution in [2.24, 2.45) is 5.73 Å². The zero-order valence-corrected chi connectivity index (χ0v) is 10.2. The van der Waals surface area contributed by atoms with Gasteiger partial charge >= 0.3 is 0 Å². The van der Waals surface area contributed by atoms with Crippen LogP contribution in [0, 0.1) is 0 Å². The lowest BCUT2D eigenvalue weighted by Gasteiger charge is -2.34. The Hall–Kier alpha value is -0.120. The molecular weight excluding hydrogens is 188 g/mol. The van der Waals surface area contributed by atoms with E-state index in [1.165, 1.54) is 25.7 Å². The number of rotatable bonds is 8. The van der Waals surface area contributed by atoms with Crippen molar-refractivity contribution in [2.45, 2.75) is 64.1 Å². The van der Waals surface area contributed by atoms with E-state index in [1.54, 1.807) is 0 Å². The zero-order valence-electron chi connectivity index (χ0n) is 10.2. The topological polar surface area (TPSA) is 49.5 Å². The first kappa shape index (κ1) is 12.9. The van der Waals surface area contributed by atoms with Gasteiger partial charge in [-0.1, -0.05) is 20.3 Å². The monoisotopic (exact) mass is 214 g/mol. The highest BCUT2D eigenvalue weighted by molar-refractivity contribution is 4.92. The molecule has 0 aromatic carbocycles. The second-order valence-electron chi connectivity index (χ2n) is 4.64. The molecule has 0 saturated heterocycles. The molecule has 2 unspecified atom stereocenters. The van der Waals surface area contributed by atoms with E-state index in [2.05, 4.69) is 18.7 Å². The molecule has 90 valence electrons. The van der Waals surface area contributed by atoms with E-state index in [-0.39, 0.29) is 18.7 Å². The second kappa shape index (κ2) is 6.46. The Morgan fingerprint density at radius 2 is 2.07 bits per heavy atom. The zero-order chi connectivity index (χ0) is 11.3. The molecule has 2 atom stereocenters. The first-order chi connectivity index (χ1) is 7.24. The first-order valence-corrected chi connectivity index (χ1v) is 6.36. The van der Waals surface area contributed by atoms with Gasteiger partial charge in [-0.2, -0.15) is 0 Å². The van der Waals surface area contributed by atoms with Gasteiger partial charge in [-0.25, -0.2) is 0 Å². The molecule has 1 aliphatic carbocycles. The Labute approximate surface area is 93.6 Å². The minimum absolute atomic E-state index is 0.118. The lowest BCUT2D eigenvalue weighted by molar-refractivity contribution is 0.0944. The fraction of sp³-hybridized carbons (Fsp3) is 1.00. The molecule has 0 heterocycles. The van der Waals surface area contributed by atoms with Gasteiger partial charge in [0.1, 0.15) is 0 Å². The Balaban J connectivity index is 2.50. The van der Waals surface area contributed by atoms with Crippen LogP contribution in [0.15, 0.2) is 0 Å². The standard InChI is InChI=1S/C12H26N2O/c1-3-5-8-14(10-6-7-10)12(9-15)11(13)4-2/h10-12,15H,3-9,13H2,1-2H3. The van der Waals surface area contributed by atoms with Gasteiger partial charge in [0.05, 0.1) is 6.61 Å². The predicted molar refractivity (Wildman–Crippen MR) is 63.8 cm³/mol. The number of aliphatic hydroxyl groups is 1. The molecule has 15 heavy (non-hydrogen) atoms. The predicted octanol–water partition coefficient (Wildman–Crippen LogP) is 1.35. The van der Waals surface area contributed by atoms with E-state index in [9.17, 15) is 5.11 Å². The van der Waals surface area contributed by atoms with Gasteiger partial charge < -0.3 is 10.8 Å². The summed E-state index contributed by atoms with van der Waals surface area (Å²) < 4.78 is 0. The maximum Gasteiger partial charge on any atom is 0.0602 e. The van der Waals surface area contributed by atoms with Crippen LogP contribution in [0.2, 0.25) is 0 Å². The van der Waals surface area contributed by atoms with Gasteiger partial charge in [-0.15, -0.1) is 0 Å². The summed E-state index contributed by atoms with van der Waals surface area (Å²) in [5.74, 6) is 0. The van der Waals surface area contributed by atoms with Gasteiger partial charge in [0.15, 0.2) is 0 Å². The third-order valence-electron chi connectivity index (χ3n) is 3.36. The molecule has 0 aliphatic heterocycles. The van der Waals surface area contributed by atoms with Crippen LogP contribution in [-0.2, 0) is 0 Å². The minimum atomic E-state index is 0.118.